The zero-order valence-corrected chi connectivity index (χ0v) is 13.2. The fourth-order valence-electron chi connectivity index (χ4n) is 1.53. The molecule has 0 amide bonds. The third-order valence-electron chi connectivity index (χ3n) is 2.25. The smallest absolute Gasteiger partial charge is 0.308 e. The number of hydrogen-bond donors (Lipinski definition) is 0. The van der Waals surface area contributed by atoms with Crippen LogP contribution in [0, 0.1) is 0 Å². The Morgan fingerprint density at radius 2 is 1.84 bits per heavy atom. The van der Waals surface area contributed by atoms with E-state index in [1.807, 2.05) is 0 Å². The van der Waals surface area contributed by atoms with Crippen molar-refractivity contribution in [2.24, 2.45) is 5.11 Å². The van der Waals surface area contributed by atoms with Crippen molar-refractivity contribution >= 4 is 23.5 Å². The van der Waals surface area contributed by atoms with Gasteiger partial charge in [-0.1, -0.05) is 33.2 Å². The Labute approximate surface area is 120 Å². The predicted molar refractivity (Wildman–Crippen MR) is 76.9 cm³/mol. The van der Waals surface area contributed by atoms with Crippen LogP contribution in [0.3, 0.4) is 0 Å². The molecule has 104 valence electrons. The predicted octanol–water partition coefficient (Wildman–Crippen LogP) is 5.02. The first kappa shape index (κ1) is 16.2. The summed E-state index contributed by atoms with van der Waals surface area (Å²) in [5.74, 6) is -0.981. The molecule has 1 rings (SSSR count). The van der Waals surface area contributed by atoms with Crippen LogP contribution < -0.4 is 0 Å². The number of halogens is 1. The molecule has 0 saturated carbocycles. The van der Waals surface area contributed by atoms with Gasteiger partial charge in [0.25, 0.3) is 0 Å². The van der Waals surface area contributed by atoms with Crippen molar-refractivity contribution in [1.29, 1.82) is 0 Å². The van der Waals surface area contributed by atoms with Crippen molar-refractivity contribution in [2.45, 2.75) is 19.6 Å². The van der Waals surface area contributed by atoms with Crippen molar-refractivity contribution in [1.82, 2.24) is 0 Å². The highest BCUT2D eigenvalue weighted by Crippen LogP contribution is 2.61. The van der Waals surface area contributed by atoms with Gasteiger partial charge in [-0.15, -0.1) is 0 Å². The second-order valence-electron chi connectivity index (χ2n) is 3.51. The maximum absolute atomic E-state index is 12.7. The fourth-order valence-corrected chi connectivity index (χ4v) is 3.59. The molecule has 1 unspecified atom stereocenters. The summed E-state index contributed by atoms with van der Waals surface area (Å²) in [7, 11) is -3.52. The minimum Gasteiger partial charge on any atom is -0.308 e. The number of benzene rings is 1. The van der Waals surface area contributed by atoms with Crippen molar-refractivity contribution < 1.29 is 13.6 Å². The molecule has 0 aromatic heterocycles. The van der Waals surface area contributed by atoms with Crippen molar-refractivity contribution in [3.05, 3.63) is 44.7 Å². The molecule has 1 atom stereocenters. The third-order valence-corrected chi connectivity index (χ3v) is 5.01. The Morgan fingerprint density at radius 1 is 1.32 bits per heavy atom. The lowest BCUT2D eigenvalue weighted by Crippen LogP contribution is -2.04. The van der Waals surface area contributed by atoms with Gasteiger partial charge in [-0.05, 0) is 37.1 Å². The largest absolute Gasteiger partial charge is 0.344 e. The Morgan fingerprint density at radius 3 is 2.26 bits per heavy atom. The lowest BCUT2D eigenvalue weighted by Gasteiger charge is -2.23. The minimum absolute atomic E-state index is 0.214. The van der Waals surface area contributed by atoms with E-state index in [9.17, 15) is 4.57 Å². The van der Waals surface area contributed by atoms with Crippen LogP contribution in [-0.2, 0) is 13.6 Å². The van der Waals surface area contributed by atoms with Gasteiger partial charge in [0.2, 0.25) is 0 Å². The molecular weight excluding hydrogens is 333 g/mol. The average molecular weight is 348 g/mol. The van der Waals surface area contributed by atoms with E-state index in [4.69, 9.17) is 14.6 Å². The Balaban J connectivity index is 3.20. The van der Waals surface area contributed by atoms with E-state index in [0.717, 1.165) is 4.47 Å². The topological polar surface area (TPSA) is 84.3 Å². The van der Waals surface area contributed by atoms with Gasteiger partial charge in [0, 0.05) is 9.38 Å². The molecule has 0 aliphatic heterocycles. The first-order chi connectivity index (χ1) is 9.07. The monoisotopic (exact) mass is 347 g/mol. The number of rotatable bonds is 7. The Bertz CT molecular complexity index is 492. The summed E-state index contributed by atoms with van der Waals surface area (Å²) in [6, 6.07) is 6.98. The van der Waals surface area contributed by atoms with Crippen LogP contribution in [0.5, 0.6) is 0 Å². The number of hydrogen-bond acceptors (Lipinski definition) is 4. The van der Waals surface area contributed by atoms with Crippen LogP contribution in [0.15, 0.2) is 33.9 Å². The highest BCUT2D eigenvalue weighted by Gasteiger charge is 2.36. The maximum atomic E-state index is 12.7. The van der Waals surface area contributed by atoms with Crippen LogP contribution in [-0.4, -0.2) is 13.2 Å². The van der Waals surface area contributed by atoms with Crippen LogP contribution in [0.1, 0.15) is 25.2 Å². The highest BCUT2D eigenvalue weighted by molar-refractivity contribution is 9.10. The molecule has 1 aromatic rings. The van der Waals surface area contributed by atoms with E-state index in [1.54, 1.807) is 38.1 Å². The lowest BCUT2D eigenvalue weighted by atomic mass is 10.2. The molecule has 0 aliphatic carbocycles. The summed E-state index contributed by atoms with van der Waals surface area (Å²) in [4.78, 5) is 2.75. The molecule has 0 saturated heterocycles. The Kier molecular flexibility index (Phi) is 6.55. The lowest BCUT2D eigenvalue weighted by molar-refractivity contribution is 0.212. The highest BCUT2D eigenvalue weighted by atomic mass is 79.9. The van der Waals surface area contributed by atoms with Crippen LogP contribution in [0.2, 0.25) is 0 Å². The first-order valence-electron chi connectivity index (χ1n) is 5.75. The summed E-state index contributed by atoms with van der Waals surface area (Å²) >= 11 is 3.31. The molecule has 0 aliphatic rings. The van der Waals surface area contributed by atoms with Crippen LogP contribution in [0.25, 0.3) is 10.4 Å². The van der Waals surface area contributed by atoms with E-state index < -0.39 is 13.4 Å². The summed E-state index contributed by atoms with van der Waals surface area (Å²) in [5, 5.41) is 3.59. The zero-order valence-electron chi connectivity index (χ0n) is 10.7. The van der Waals surface area contributed by atoms with Crippen molar-refractivity contribution in [2.75, 3.05) is 13.2 Å². The molecule has 6 nitrogen and oxygen atoms in total. The van der Waals surface area contributed by atoms with Crippen LogP contribution >= 0.6 is 23.5 Å². The second kappa shape index (κ2) is 7.68. The quantitative estimate of drug-likeness (QED) is 0.300. The molecule has 0 radical (unpaired) electrons. The summed E-state index contributed by atoms with van der Waals surface area (Å²) < 4.78 is 24.0. The molecule has 8 heteroatoms. The zero-order chi connectivity index (χ0) is 14.3. The van der Waals surface area contributed by atoms with Crippen molar-refractivity contribution in [3.8, 4) is 0 Å². The van der Waals surface area contributed by atoms with E-state index >= 15 is 0 Å². The van der Waals surface area contributed by atoms with Gasteiger partial charge in [0.1, 0.15) is 0 Å². The number of nitrogens with zero attached hydrogens (tertiary/aromatic N) is 3. The fraction of sp³-hybridized carbons (Fsp3) is 0.455. The molecule has 0 fully saturated rings. The maximum Gasteiger partial charge on any atom is 0.344 e. The van der Waals surface area contributed by atoms with Crippen LogP contribution in [0.4, 0.5) is 0 Å². The second-order valence-corrected chi connectivity index (χ2v) is 6.51. The van der Waals surface area contributed by atoms with Gasteiger partial charge >= 0.3 is 7.60 Å². The summed E-state index contributed by atoms with van der Waals surface area (Å²) in [6.45, 7) is 3.84. The van der Waals surface area contributed by atoms with Gasteiger partial charge in [-0.2, -0.15) is 0 Å². The molecular formula is C11H15BrN3O3P. The van der Waals surface area contributed by atoms with E-state index in [-0.39, 0.29) is 13.2 Å². The number of azide groups is 1. The third kappa shape index (κ3) is 4.34. The minimum atomic E-state index is -3.52. The standard InChI is InChI=1S/C11H15BrN3O3P/c1-3-17-19(16,18-4-2)11(14-15-13)9-5-7-10(12)8-6-9/h5-8,11H,3-4H2,1-2H3. The summed E-state index contributed by atoms with van der Waals surface area (Å²) in [6.07, 6.45) is 0. The Hall–Kier alpha value is -0.840. The van der Waals surface area contributed by atoms with Gasteiger partial charge in [-0.3, -0.25) is 4.57 Å². The molecule has 0 bridgehead atoms. The van der Waals surface area contributed by atoms with Gasteiger partial charge in [-0.25, -0.2) is 0 Å². The molecule has 0 heterocycles. The summed E-state index contributed by atoms with van der Waals surface area (Å²) in [5.41, 5.74) is 9.26. The molecule has 0 spiro atoms. The van der Waals surface area contributed by atoms with E-state index in [2.05, 4.69) is 26.0 Å². The average Bonchev–Trinajstić information content (AvgIpc) is 2.38. The molecule has 19 heavy (non-hydrogen) atoms. The van der Waals surface area contributed by atoms with Gasteiger partial charge in [0.15, 0.2) is 5.78 Å². The van der Waals surface area contributed by atoms with E-state index in [1.165, 1.54) is 0 Å². The first-order valence-corrected chi connectivity index (χ1v) is 8.16. The molecule has 1 aromatic carbocycles. The molecule has 0 N–H and O–H groups in total. The normalized spacial score (nSPS) is 12.8. The van der Waals surface area contributed by atoms with Gasteiger partial charge in [0.05, 0.1) is 13.2 Å². The van der Waals surface area contributed by atoms with Gasteiger partial charge < -0.3 is 9.05 Å². The SMILES string of the molecule is CCOP(=O)(OCC)C(N=[N+]=[N-])c1ccc(Br)cc1. The van der Waals surface area contributed by atoms with E-state index in [0.29, 0.717) is 5.56 Å². The van der Waals surface area contributed by atoms with Crippen molar-refractivity contribution in [3.63, 3.8) is 0 Å².